The minimum absolute atomic E-state index is 0.0662. The Kier molecular flexibility index (Phi) is 5.10. The standard InChI is InChI=1S/C10H8Cl4N2O2/c1-15-9(17)3-5(11)7(13)4(10(18)16-2)8(14)6(3)12/h1-2H3,(H,15,17)(H,16,18). The molecule has 0 bridgehead atoms. The first kappa shape index (κ1) is 15.4. The third kappa shape index (κ3) is 2.52. The molecule has 0 saturated heterocycles. The normalized spacial score (nSPS) is 10.1. The second-order valence-electron chi connectivity index (χ2n) is 3.16. The second-order valence-corrected chi connectivity index (χ2v) is 4.68. The smallest absolute Gasteiger partial charge is 0.254 e. The maximum absolute atomic E-state index is 11.6. The van der Waals surface area contributed by atoms with E-state index in [1.165, 1.54) is 14.1 Å². The van der Waals surface area contributed by atoms with E-state index >= 15 is 0 Å². The van der Waals surface area contributed by atoms with Crippen LogP contribution in [-0.4, -0.2) is 25.9 Å². The van der Waals surface area contributed by atoms with E-state index < -0.39 is 11.8 Å². The van der Waals surface area contributed by atoms with Crippen molar-refractivity contribution in [3.63, 3.8) is 0 Å². The van der Waals surface area contributed by atoms with E-state index in [0.717, 1.165) is 0 Å². The number of hydrogen-bond acceptors (Lipinski definition) is 2. The number of hydrogen-bond donors (Lipinski definition) is 2. The number of nitrogens with one attached hydrogen (secondary N) is 2. The minimum Gasteiger partial charge on any atom is -0.355 e. The zero-order valence-corrected chi connectivity index (χ0v) is 12.4. The lowest BCUT2D eigenvalue weighted by Gasteiger charge is -2.13. The monoisotopic (exact) mass is 328 g/mol. The van der Waals surface area contributed by atoms with Crippen LogP contribution in [0.1, 0.15) is 20.7 Å². The molecule has 1 aromatic rings. The molecule has 0 aromatic heterocycles. The highest BCUT2D eigenvalue weighted by atomic mass is 35.5. The van der Waals surface area contributed by atoms with Crippen LogP contribution in [0.2, 0.25) is 20.1 Å². The van der Waals surface area contributed by atoms with Gasteiger partial charge in [0.05, 0.1) is 31.2 Å². The van der Waals surface area contributed by atoms with Crippen LogP contribution in [0.25, 0.3) is 0 Å². The maximum atomic E-state index is 11.6. The van der Waals surface area contributed by atoms with E-state index in [2.05, 4.69) is 10.6 Å². The average Bonchev–Trinajstić information content (AvgIpc) is 2.36. The molecule has 0 atom stereocenters. The number of amides is 2. The Hall–Kier alpha value is -0.680. The molecule has 0 aliphatic heterocycles. The SMILES string of the molecule is CNC(=O)c1c(Cl)c(Cl)c(C(=O)NC)c(Cl)c1Cl. The molecule has 2 N–H and O–H groups in total. The number of benzene rings is 1. The van der Waals surface area contributed by atoms with Crippen molar-refractivity contribution in [2.75, 3.05) is 14.1 Å². The number of carbonyl (C=O) groups is 2. The fourth-order valence-electron chi connectivity index (χ4n) is 1.28. The van der Waals surface area contributed by atoms with Gasteiger partial charge in [-0.1, -0.05) is 46.4 Å². The van der Waals surface area contributed by atoms with E-state index in [9.17, 15) is 9.59 Å². The molecule has 0 unspecified atom stereocenters. The van der Waals surface area contributed by atoms with Gasteiger partial charge in [-0.15, -0.1) is 0 Å². The first-order chi connectivity index (χ1) is 8.36. The van der Waals surface area contributed by atoms with Gasteiger partial charge in [0.25, 0.3) is 11.8 Å². The van der Waals surface area contributed by atoms with Gasteiger partial charge in [0, 0.05) is 14.1 Å². The van der Waals surface area contributed by atoms with Gasteiger partial charge >= 0.3 is 0 Å². The molecule has 1 rings (SSSR count). The van der Waals surface area contributed by atoms with Gasteiger partial charge in [-0.3, -0.25) is 9.59 Å². The molecule has 0 heterocycles. The molecule has 2 amide bonds. The van der Waals surface area contributed by atoms with Crippen molar-refractivity contribution in [1.82, 2.24) is 10.6 Å². The van der Waals surface area contributed by atoms with Crippen LogP contribution in [0.15, 0.2) is 0 Å². The summed E-state index contributed by atoms with van der Waals surface area (Å²) in [5, 5.41) is 4.22. The van der Waals surface area contributed by atoms with Crippen LogP contribution >= 0.6 is 46.4 Å². The Morgan fingerprint density at radius 2 is 0.944 bits per heavy atom. The molecule has 1 aromatic carbocycles. The van der Waals surface area contributed by atoms with Gasteiger partial charge in [-0.05, 0) is 0 Å². The molecular formula is C10H8Cl4N2O2. The first-order valence-corrected chi connectivity index (χ1v) is 6.18. The van der Waals surface area contributed by atoms with Crippen LogP contribution in [0.3, 0.4) is 0 Å². The number of carbonyl (C=O) groups excluding carboxylic acids is 2. The Bertz CT molecular complexity index is 455. The second kappa shape index (κ2) is 5.97. The van der Waals surface area contributed by atoms with E-state index in [1.54, 1.807) is 0 Å². The van der Waals surface area contributed by atoms with Crippen molar-refractivity contribution in [3.8, 4) is 0 Å². The fraction of sp³-hybridized carbons (Fsp3) is 0.200. The Labute approximate surface area is 124 Å². The van der Waals surface area contributed by atoms with Crippen molar-refractivity contribution in [2.45, 2.75) is 0 Å². The van der Waals surface area contributed by atoms with E-state index in [0.29, 0.717) is 0 Å². The van der Waals surface area contributed by atoms with Crippen LogP contribution < -0.4 is 10.6 Å². The molecule has 0 spiro atoms. The molecule has 98 valence electrons. The van der Waals surface area contributed by atoms with Gasteiger partial charge < -0.3 is 10.6 Å². The minimum atomic E-state index is -0.544. The molecule has 18 heavy (non-hydrogen) atoms. The van der Waals surface area contributed by atoms with Crippen LogP contribution in [-0.2, 0) is 0 Å². The van der Waals surface area contributed by atoms with Crippen molar-refractivity contribution < 1.29 is 9.59 Å². The summed E-state index contributed by atoms with van der Waals surface area (Å²) >= 11 is 23.7. The summed E-state index contributed by atoms with van der Waals surface area (Å²) in [5.74, 6) is -1.09. The van der Waals surface area contributed by atoms with Crippen molar-refractivity contribution in [2.24, 2.45) is 0 Å². The molecular weight excluding hydrogens is 322 g/mol. The van der Waals surface area contributed by atoms with Crippen molar-refractivity contribution >= 4 is 58.2 Å². The first-order valence-electron chi connectivity index (χ1n) is 4.66. The fourth-order valence-corrected chi connectivity index (χ4v) is 2.48. The Morgan fingerprint density at radius 3 is 1.11 bits per heavy atom. The third-order valence-electron chi connectivity index (χ3n) is 2.17. The molecule has 8 heteroatoms. The predicted octanol–water partition coefficient (Wildman–Crippen LogP) is 3.02. The van der Waals surface area contributed by atoms with E-state index in [-0.39, 0.29) is 31.2 Å². The summed E-state index contributed by atoms with van der Waals surface area (Å²) in [7, 11) is 2.81. The van der Waals surface area contributed by atoms with Crippen LogP contribution in [0.4, 0.5) is 0 Å². The highest BCUT2D eigenvalue weighted by Crippen LogP contribution is 2.41. The molecule has 0 radical (unpaired) electrons. The maximum Gasteiger partial charge on any atom is 0.254 e. The highest BCUT2D eigenvalue weighted by molar-refractivity contribution is 6.52. The van der Waals surface area contributed by atoms with Crippen LogP contribution in [0.5, 0.6) is 0 Å². The molecule has 0 saturated carbocycles. The summed E-state index contributed by atoms with van der Waals surface area (Å²) in [4.78, 5) is 23.2. The number of rotatable bonds is 2. The van der Waals surface area contributed by atoms with Gasteiger partial charge in [0.15, 0.2) is 0 Å². The van der Waals surface area contributed by atoms with Gasteiger partial charge in [0.1, 0.15) is 0 Å². The predicted molar refractivity (Wildman–Crippen MR) is 73.3 cm³/mol. The molecule has 0 aliphatic rings. The average molecular weight is 330 g/mol. The van der Waals surface area contributed by atoms with E-state index in [1.807, 2.05) is 0 Å². The summed E-state index contributed by atoms with van der Waals surface area (Å²) in [6.07, 6.45) is 0. The largest absolute Gasteiger partial charge is 0.355 e. The zero-order chi connectivity index (χ0) is 14.0. The summed E-state index contributed by atoms with van der Waals surface area (Å²) in [6, 6.07) is 0. The van der Waals surface area contributed by atoms with Gasteiger partial charge in [-0.25, -0.2) is 0 Å². The molecule has 0 fully saturated rings. The Balaban J connectivity index is 3.66. The number of halogens is 4. The lowest BCUT2D eigenvalue weighted by atomic mass is 10.1. The lowest BCUT2D eigenvalue weighted by molar-refractivity contribution is 0.0951. The summed E-state index contributed by atoms with van der Waals surface area (Å²) < 4.78 is 0. The van der Waals surface area contributed by atoms with Gasteiger partial charge in [0.2, 0.25) is 0 Å². The molecule has 4 nitrogen and oxygen atoms in total. The Morgan fingerprint density at radius 1 is 0.722 bits per heavy atom. The highest BCUT2D eigenvalue weighted by Gasteiger charge is 2.26. The van der Waals surface area contributed by atoms with Crippen LogP contribution in [0, 0.1) is 0 Å². The summed E-state index contributed by atoms with van der Waals surface area (Å²) in [6.45, 7) is 0. The third-order valence-corrected chi connectivity index (χ3v) is 3.88. The molecule has 0 aliphatic carbocycles. The van der Waals surface area contributed by atoms with Gasteiger partial charge in [-0.2, -0.15) is 0 Å². The lowest BCUT2D eigenvalue weighted by Crippen LogP contribution is -2.22. The van der Waals surface area contributed by atoms with E-state index in [4.69, 9.17) is 46.4 Å². The quantitative estimate of drug-likeness (QED) is 0.819. The topological polar surface area (TPSA) is 58.2 Å². The zero-order valence-electron chi connectivity index (χ0n) is 9.33. The van der Waals surface area contributed by atoms with Crippen molar-refractivity contribution in [3.05, 3.63) is 31.2 Å². The van der Waals surface area contributed by atoms with Crippen molar-refractivity contribution in [1.29, 1.82) is 0 Å². The summed E-state index contributed by atoms with van der Waals surface area (Å²) in [5.41, 5.74) is -0.132.